The van der Waals surface area contributed by atoms with Crippen LogP contribution in [0.3, 0.4) is 0 Å². The highest BCUT2D eigenvalue weighted by Gasteiger charge is 2.36. The number of benzene rings is 2. The fourth-order valence-corrected chi connectivity index (χ4v) is 6.57. The van der Waals surface area contributed by atoms with Gasteiger partial charge >= 0.3 is 0 Å². The van der Waals surface area contributed by atoms with Gasteiger partial charge in [-0.1, -0.05) is 72.6 Å². The molecule has 1 atom stereocenters. The van der Waals surface area contributed by atoms with E-state index in [4.69, 9.17) is 0 Å². The van der Waals surface area contributed by atoms with Crippen LogP contribution in [0.25, 0.3) is 11.1 Å². The lowest BCUT2D eigenvalue weighted by Crippen LogP contribution is -2.27. The van der Waals surface area contributed by atoms with Crippen LogP contribution in [0.4, 0.5) is 5.69 Å². The highest BCUT2D eigenvalue weighted by Crippen LogP contribution is 2.61. The number of para-hydroxylation sites is 1. The molecule has 1 nitrogen and oxygen atoms in total. The molecule has 0 spiro atoms. The first-order chi connectivity index (χ1) is 12.9. The first-order valence-corrected chi connectivity index (χ1v) is 10.3. The molecule has 2 aromatic carbocycles. The summed E-state index contributed by atoms with van der Waals surface area (Å²) >= 11 is 0. The summed E-state index contributed by atoms with van der Waals surface area (Å²) in [7, 11) is -0.437. The lowest BCUT2D eigenvalue weighted by atomic mass is 9.84. The Kier molecular flexibility index (Phi) is 2.92. The van der Waals surface area contributed by atoms with E-state index in [1.54, 1.807) is 0 Å². The van der Waals surface area contributed by atoms with E-state index in [-0.39, 0.29) is 0 Å². The molecule has 0 fully saturated rings. The summed E-state index contributed by atoms with van der Waals surface area (Å²) in [4.78, 5) is 2.33. The fourth-order valence-electron chi connectivity index (χ4n) is 4.31. The van der Waals surface area contributed by atoms with Crippen molar-refractivity contribution in [1.29, 1.82) is 0 Å². The van der Waals surface area contributed by atoms with Crippen LogP contribution in [0.5, 0.6) is 0 Å². The van der Waals surface area contributed by atoms with Crippen LogP contribution in [0, 0.1) is 0 Å². The summed E-state index contributed by atoms with van der Waals surface area (Å²) in [5.41, 5.74) is 8.05. The zero-order valence-corrected chi connectivity index (χ0v) is 15.0. The van der Waals surface area contributed by atoms with Gasteiger partial charge in [-0.15, -0.1) is 0 Å². The Bertz CT molecular complexity index is 1050. The van der Waals surface area contributed by atoms with Gasteiger partial charge in [0.1, 0.15) is 0 Å². The molecule has 0 amide bonds. The second-order valence-corrected chi connectivity index (χ2v) is 8.70. The second-order valence-electron chi connectivity index (χ2n) is 6.70. The monoisotopic (exact) mass is 349 g/mol. The number of anilines is 1. The first-order valence-electron chi connectivity index (χ1n) is 8.89. The largest absolute Gasteiger partial charge is 0.316 e. The standard InChI is InChI=1S/C24H16NP/c1-3-11-19-17(9-1)24-22-14-6-8-16-26(22)21-13-4-2-10-18(21)23(24)20-12-5-7-15-25(19)20/h1-16H. The van der Waals surface area contributed by atoms with Crippen molar-refractivity contribution in [1.82, 2.24) is 0 Å². The number of rotatable bonds is 0. The van der Waals surface area contributed by atoms with E-state index in [2.05, 4.69) is 102 Å². The predicted octanol–water partition coefficient (Wildman–Crippen LogP) is 5.92. The van der Waals surface area contributed by atoms with Crippen molar-refractivity contribution in [2.24, 2.45) is 0 Å². The molecular formula is C24H16NP. The maximum absolute atomic E-state index is 2.39. The summed E-state index contributed by atoms with van der Waals surface area (Å²) < 4.78 is 0. The SMILES string of the molecule is C1=CC2=C3C(=C4C=CC=CP4c4ccccc43)c3ccccc3N2C=C1. The molecule has 0 saturated carbocycles. The van der Waals surface area contributed by atoms with Crippen LogP contribution in [0.1, 0.15) is 11.1 Å². The quantitative estimate of drug-likeness (QED) is 0.534. The molecule has 122 valence electrons. The van der Waals surface area contributed by atoms with Gasteiger partial charge in [0.2, 0.25) is 0 Å². The van der Waals surface area contributed by atoms with E-state index in [1.807, 2.05) is 0 Å². The fraction of sp³-hybridized carbons (Fsp3) is 0. The Balaban J connectivity index is 1.80. The van der Waals surface area contributed by atoms with Crippen molar-refractivity contribution in [3.05, 3.63) is 119 Å². The zero-order chi connectivity index (χ0) is 17.1. The molecule has 0 radical (unpaired) electrons. The van der Waals surface area contributed by atoms with E-state index < -0.39 is 7.92 Å². The number of hydrogen-bond acceptors (Lipinski definition) is 1. The minimum absolute atomic E-state index is 0.437. The molecule has 4 aliphatic rings. The highest BCUT2D eigenvalue weighted by atomic mass is 31.1. The average Bonchev–Trinajstić information content (AvgIpc) is 2.73. The molecule has 0 bridgehead atoms. The van der Waals surface area contributed by atoms with Crippen LogP contribution in [0.2, 0.25) is 0 Å². The van der Waals surface area contributed by atoms with E-state index in [9.17, 15) is 0 Å². The topological polar surface area (TPSA) is 3.24 Å². The highest BCUT2D eigenvalue weighted by molar-refractivity contribution is 7.73. The Hall–Kier alpha value is -2.89. The third kappa shape index (κ3) is 1.79. The normalized spacial score (nSPS) is 21.2. The second kappa shape index (κ2) is 5.30. The van der Waals surface area contributed by atoms with Gasteiger partial charge in [0.25, 0.3) is 0 Å². The summed E-state index contributed by atoms with van der Waals surface area (Å²) in [6, 6.07) is 17.7. The molecule has 0 aliphatic carbocycles. The van der Waals surface area contributed by atoms with Crippen molar-refractivity contribution < 1.29 is 0 Å². The average molecular weight is 349 g/mol. The summed E-state index contributed by atoms with van der Waals surface area (Å²) in [6.07, 6.45) is 15.4. The van der Waals surface area contributed by atoms with Crippen LogP contribution in [-0.2, 0) is 0 Å². The molecule has 4 aliphatic heterocycles. The molecule has 2 heteroatoms. The molecule has 2 aromatic rings. The summed E-state index contributed by atoms with van der Waals surface area (Å²) in [6.45, 7) is 0. The van der Waals surface area contributed by atoms with Gasteiger partial charge in [0, 0.05) is 22.9 Å². The predicted molar refractivity (Wildman–Crippen MR) is 112 cm³/mol. The van der Waals surface area contributed by atoms with Crippen molar-refractivity contribution in [2.75, 3.05) is 4.90 Å². The smallest absolute Gasteiger partial charge is 0.0540 e. The third-order valence-corrected chi connectivity index (χ3v) is 7.62. The van der Waals surface area contributed by atoms with E-state index in [0.29, 0.717) is 0 Å². The van der Waals surface area contributed by atoms with Crippen molar-refractivity contribution >= 4 is 30.1 Å². The van der Waals surface area contributed by atoms with E-state index in [1.165, 1.54) is 44.3 Å². The van der Waals surface area contributed by atoms with Gasteiger partial charge in [-0.3, -0.25) is 0 Å². The van der Waals surface area contributed by atoms with Crippen LogP contribution in [-0.4, -0.2) is 0 Å². The zero-order valence-electron chi connectivity index (χ0n) is 14.1. The lowest BCUT2D eigenvalue weighted by Gasteiger charge is -2.40. The van der Waals surface area contributed by atoms with Crippen LogP contribution >= 0.6 is 7.92 Å². The van der Waals surface area contributed by atoms with Gasteiger partial charge in [-0.25, -0.2) is 0 Å². The third-order valence-electron chi connectivity index (χ3n) is 5.35. The Morgan fingerprint density at radius 3 is 2.46 bits per heavy atom. The van der Waals surface area contributed by atoms with Crippen molar-refractivity contribution in [3.63, 3.8) is 0 Å². The van der Waals surface area contributed by atoms with Crippen molar-refractivity contribution in [2.45, 2.75) is 0 Å². The maximum atomic E-state index is 2.39. The Labute approximate surface area is 154 Å². The maximum Gasteiger partial charge on any atom is 0.0540 e. The minimum atomic E-state index is -0.437. The first kappa shape index (κ1) is 14.3. The minimum Gasteiger partial charge on any atom is -0.316 e. The Morgan fingerprint density at radius 2 is 1.50 bits per heavy atom. The molecule has 1 unspecified atom stereocenters. The van der Waals surface area contributed by atoms with Crippen molar-refractivity contribution in [3.8, 4) is 0 Å². The van der Waals surface area contributed by atoms with Gasteiger partial charge in [0.15, 0.2) is 0 Å². The van der Waals surface area contributed by atoms with Gasteiger partial charge < -0.3 is 4.90 Å². The number of fused-ring (bicyclic) bond motifs is 9. The van der Waals surface area contributed by atoms with Gasteiger partial charge in [-0.2, -0.15) is 0 Å². The molecule has 4 heterocycles. The number of hydrogen-bond donors (Lipinski definition) is 0. The van der Waals surface area contributed by atoms with Crippen LogP contribution < -0.4 is 10.2 Å². The Morgan fingerprint density at radius 1 is 0.692 bits per heavy atom. The lowest BCUT2D eigenvalue weighted by molar-refractivity contribution is 1.17. The molecule has 26 heavy (non-hydrogen) atoms. The van der Waals surface area contributed by atoms with E-state index >= 15 is 0 Å². The molecule has 0 saturated heterocycles. The summed E-state index contributed by atoms with van der Waals surface area (Å²) in [5.74, 6) is 2.39. The summed E-state index contributed by atoms with van der Waals surface area (Å²) in [5, 5.41) is 2.94. The van der Waals surface area contributed by atoms with Gasteiger partial charge in [0.05, 0.1) is 11.4 Å². The molecule has 0 aromatic heterocycles. The van der Waals surface area contributed by atoms with Gasteiger partial charge in [-0.05, 0) is 42.3 Å². The van der Waals surface area contributed by atoms with E-state index in [0.717, 1.165) is 0 Å². The molecular weight excluding hydrogens is 333 g/mol. The number of nitrogens with zero attached hydrogens (tertiary/aromatic N) is 1. The number of allylic oxidation sites excluding steroid dienone is 9. The molecule has 6 rings (SSSR count). The van der Waals surface area contributed by atoms with Crippen LogP contribution in [0.15, 0.2) is 108 Å². The molecule has 0 N–H and O–H groups in total.